The predicted molar refractivity (Wildman–Crippen MR) is 107 cm³/mol. The number of hydrogen-bond acceptors (Lipinski definition) is 7. The molecule has 2 saturated heterocycles. The summed E-state index contributed by atoms with van der Waals surface area (Å²) in [4.78, 5) is 27.8. The largest absolute Gasteiger partial charge is 0.481 e. The number of para-hydroxylation sites is 2. The van der Waals surface area contributed by atoms with Gasteiger partial charge in [-0.2, -0.15) is 0 Å². The molecule has 2 fully saturated rings. The first-order valence-corrected chi connectivity index (χ1v) is 9.89. The first-order chi connectivity index (χ1) is 14.2. The average molecular weight is 393 g/mol. The lowest BCUT2D eigenvalue weighted by Crippen LogP contribution is -2.42. The number of benzene rings is 1. The van der Waals surface area contributed by atoms with Crippen LogP contribution in [-0.4, -0.2) is 51.8 Å². The molecule has 0 N–H and O–H groups in total. The van der Waals surface area contributed by atoms with Crippen molar-refractivity contribution in [1.82, 2.24) is 19.5 Å². The lowest BCUT2D eigenvalue weighted by molar-refractivity contribution is -0.150. The van der Waals surface area contributed by atoms with Crippen LogP contribution in [0.1, 0.15) is 19.3 Å². The molecule has 2 aliphatic heterocycles. The summed E-state index contributed by atoms with van der Waals surface area (Å²) in [6.07, 6.45) is 5.49. The minimum absolute atomic E-state index is 0.0631. The molecular weight excluding hydrogens is 370 g/mol. The quantitative estimate of drug-likeness (QED) is 0.630. The van der Waals surface area contributed by atoms with Crippen LogP contribution in [0.25, 0.3) is 11.0 Å². The number of carbonyl (C=O) groups excluding carboxylic acids is 1. The van der Waals surface area contributed by atoms with Gasteiger partial charge in [-0.15, -0.1) is 0 Å². The van der Waals surface area contributed by atoms with Gasteiger partial charge in [0.15, 0.2) is 0 Å². The summed E-state index contributed by atoms with van der Waals surface area (Å²) in [6.45, 7) is 2.16. The highest BCUT2D eigenvalue weighted by Crippen LogP contribution is 2.44. The van der Waals surface area contributed by atoms with E-state index in [0.717, 1.165) is 49.2 Å². The van der Waals surface area contributed by atoms with Gasteiger partial charge in [0.05, 0.1) is 36.4 Å². The Morgan fingerprint density at radius 1 is 1.21 bits per heavy atom. The molecule has 29 heavy (non-hydrogen) atoms. The molecule has 3 aromatic rings. The first kappa shape index (κ1) is 17.9. The number of ether oxygens (including phenoxy) is 2. The second kappa shape index (κ2) is 7.02. The van der Waals surface area contributed by atoms with Gasteiger partial charge in [0.1, 0.15) is 18.2 Å². The summed E-state index contributed by atoms with van der Waals surface area (Å²) in [7, 11) is 1.59. The summed E-state index contributed by atoms with van der Waals surface area (Å²) >= 11 is 0. The molecule has 150 valence electrons. The number of esters is 1. The monoisotopic (exact) mass is 393 g/mol. The summed E-state index contributed by atoms with van der Waals surface area (Å²) in [5, 5.41) is 0. The van der Waals surface area contributed by atoms with Crippen molar-refractivity contribution < 1.29 is 14.3 Å². The smallest absolute Gasteiger partial charge is 0.312 e. The minimum Gasteiger partial charge on any atom is -0.481 e. The fraction of sp³-hybridized carbons (Fsp3) is 0.429. The summed E-state index contributed by atoms with van der Waals surface area (Å²) in [6, 6.07) is 9.85. The van der Waals surface area contributed by atoms with Crippen molar-refractivity contribution >= 4 is 22.8 Å². The molecule has 8 nitrogen and oxygen atoms in total. The van der Waals surface area contributed by atoms with Crippen molar-refractivity contribution in [2.24, 2.45) is 5.41 Å². The number of fused-ring (bicyclic) bond motifs is 1. The number of rotatable bonds is 4. The third kappa shape index (κ3) is 3.18. The Balaban J connectivity index is 1.27. The molecule has 4 heterocycles. The lowest BCUT2D eigenvalue weighted by Gasteiger charge is -2.37. The van der Waals surface area contributed by atoms with Gasteiger partial charge >= 0.3 is 5.97 Å². The van der Waals surface area contributed by atoms with Gasteiger partial charge in [-0.05, 0) is 25.0 Å². The van der Waals surface area contributed by atoms with Crippen LogP contribution in [0.5, 0.6) is 5.88 Å². The molecule has 2 aromatic heterocycles. The van der Waals surface area contributed by atoms with E-state index in [-0.39, 0.29) is 12.1 Å². The van der Waals surface area contributed by atoms with Crippen molar-refractivity contribution in [3.63, 3.8) is 0 Å². The fourth-order valence-electron chi connectivity index (χ4n) is 4.50. The van der Waals surface area contributed by atoms with E-state index in [9.17, 15) is 4.79 Å². The zero-order chi connectivity index (χ0) is 19.8. The van der Waals surface area contributed by atoms with E-state index < -0.39 is 5.41 Å². The highest BCUT2D eigenvalue weighted by molar-refractivity contribution is 5.80. The van der Waals surface area contributed by atoms with E-state index in [0.29, 0.717) is 12.4 Å². The zero-order valence-corrected chi connectivity index (χ0v) is 16.3. The van der Waals surface area contributed by atoms with Crippen LogP contribution in [0.2, 0.25) is 0 Å². The van der Waals surface area contributed by atoms with Crippen molar-refractivity contribution in [2.45, 2.75) is 31.9 Å². The Labute approximate surface area is 168 Å². The fourth-order valence-corrected chi connectivity index (χ4v) is 4.50. The molecule has 0 amide bonds. The lowest BCUT2D eigenvalue weighted by atomic mass is 9.76. The Morgan fingerprint density at radius 2 is 2.03 bits per heavy atom. The van der Waals surface area contributed by atoms with Gasteiger partial charge in [-0.25, -0.2) is 15.0 Å². The topological polar surface area (TPSA) is 82.4 Å². The van der Waals surface area contributed by atoms with Crippen molar-refractivity contribution in [3.8, 4) is 5.88 Å². The van der Waals surface area contributed by atoms with Gasteiger partial charge in [0.2, 0.25) is 5.88 Å². The SMILES string of the molecule is COc1cc(N2CCC3(CC2)CC(Cn2cnc4ccccc42)OC3=O)ncn1. The number of piperidine rings is 1. The van der Waals surface area contributed by atoms with Gasteiger partial charge in [0.25, 0.3) is 0 Å². The van der Waals surface area contributed by atoms with Crippen LogP contribution in [-0.2, 0) is 16.1 Å². The Bertz CT molecular complexity index is 1040. The molecule has 0 saturated carbocycles. The highest BCUT2D eigenvalue weighted by Gasteiger charge is 2.50. The number of aromatic nitrogens is 4. The highest BCUT2D eigenvalue weighted by atomic mass is 16.6. The molecule has 0 radical (unpaired) electrons. The second-order valence-electron chi connectivity index (χ2n) is 7.80. The van der Waals surface area contributed by atoms with Crippen LogP contribution in [0.3, 0.4) is 0 Å². The van der Waals surface area contributed by atoms with Crippen LogP contribution < -0.4 is 9.64 Å². The van der Waals surface area contributed by atoms with Crippen molar-refractivity contribution in [2.75, 3.05) is 25.1 Å². The molecule has 1 unspecified atom stereocenters. The summed E-state index contributed by atoms with van der Waals surface area (Å²) in [5.74, 6) is 1.31. The average Bonchev–Trinajstić information content (AvgIpc) is 3.30. The maximum Gasteiger partial charge on any atom is 0.312 e. The maximum absolute atomic E-state index is 12.8. The summed E-state index contributed by atoms with van der Waals surface area (Å²) in [5.41, 5.74) is 1.63. The van der Waals surface area contributed by atoms with Crippen molar-refractivity contribution in [3.05, 3.63) is 43.0 Å². The zero-order valence-electron chi connectivity index (χ0n) is 16.3. The van der Waals surface area contributed by atoms with E-state index in [1.807, 2.05) is 36.7 Å². The number of methoxy groups -OCH3 is 1. The molecule has 8 heteroatoms. The number of hydrogen-bond donors (Lipinski definition) is 0. The molecule has 1 atom stereocenters. The Morgan fingerprint density at radius 3 is 2.86 bits per heavy atom. The van der Waals surface area contributed by atoms with Gasteiger partial charge < -0.3 is 18.9 Å². The minimum atomic E-state index is -0.394. The molecular formula is C21H23N5O3. The third-order valence-corrected chi connectivity index (χ3v) is 6.13. The normalized spacial score (nSPS) is 20.9. The predicted octanol–water partition coefficient (Wildman–Crippen LogP) is 2.44. The van der Waals surface area contributed by atoms with E-state index in [1.165, 1.54) is 6.33 Å². The molecule has 1 spiro atoms. The molecule has 2 aliphatic rings. The van der Waals surface area contributed by atoms with Gasteiger partial charge in [-0.3, -0.25) is 4.79 Å². The van der Waals surface area contributed by atoms with E-state index in [2.05, 4.69) is 24.4 Å². The van der Waals surface area contributed by atoms with E-state index in [4.69, 9.17) is 9.47 Å². The number of imidazole rings is 1. The number of cyclic esters (lactones) is 1. The van der Waals surface area contributed by atoms with Gasteiger partial charge in [0, 0.05) is 25.6 Å². The molecule has 5 rings (SSSR count). The first-order valence-electron chi connectivity index (χ1n) is 9.89. The summed E-state index contributed by atoms with van der Waals surface area (Å²) < 4.78 is 13.1. The second-order valence-corrected chi connectivity index (χ2v) is 7.80. The Kier molecular flexibility index (Phi) is 4.34. The standard InChI is InChI=1S/C21H23N5O3/c1-28-19-10-18(22-13-23-19)25-8-6-21(7-9-25)11-15(29-20(21)27)12-26-14-24-16-4-2-3-5-17(16)26/h2-5,10,13-15H,6-9,11-12H2,1H3. The van der Waals surface area contributed by atoms with Crippen molar-refractivity contribution in [1.29, 1.82) is 0 Å². The van der Waals surface area contributed by atoms with Crippen LogP contribution in [0.4, 0.5) is 5.82 Å². The van der Waals surface area contributed by atoms with E-state index >= 15 is 0 Å². The van der Waals surface area contributed by atoms with Crippen LogP contribution in [0, 0.1) is 5.41 Å². The third-order valence-electron chi connectivity index (χ3n) is 6.13. The number of nitrogens with zero attached hydrogens (tertiary/aromatic N) is 5. The molecule has 0 aliphatic carbocycles. The van der Waals surface area contributed by atoms with Crippen LogP contribution >= 0.6 is 0 Å². The number of anilines is 1. The molecule has 0 bridgehead atoms. The maximum atomic E-state index is 12.8. The van der Waals surface area contributed by atoms with Gasteiger partial charge in [-0.1, -0.05) is 12.1 Å². The number of carbonyl (C=O) groups is 1. The van der Waals surface area contributed by atoms with Crippen LogP contribution in [0.15, 0.2) is 43.0 Å². The Hall–Kier alpha value is -3.16. The van der Waals surface area contributed by atoms with E-state index in [1.54, 1.807) is 7.11 Å². The molecule has 1 aromatic carbocycles.